The third-order valence-electron chi connectivity index (χ3n) is 2.79. The van der Waals surface area contributed by atoms with Gasteiger partial charge in [0.05, 0.1) is 10.2 Å². The molecule has 0 atom stereocenters. The molecule has 1 amide bonds. The molecule has 2 rings (SSSR count). The first-order valence-corrected chi connectivity index (χ1v) is 8.19. The molecule has 0 aliphatic heterocycles. The molecule has 0 aliphatic rings. The SMILES string of the molecule is CC(C)(C)c1cc(NC(=O)COc2ccc(Br)cc2Br)on1. The Morgan fingerprint density at radius 1 is 1.32 bits per heavy atom. The van der Waals surface area contributed by atoms with Crippen molar-refractivity contribution in [2.45, 2.75) is 26.2 Å². The van der Waals surface area contributed by atoms with Crippen LogP contribution in [-0.2, 0) is 10.2 Å². The fourth-order valence-electron chi connectivity index (χ4n) is 1.60. The van der Waals surface area contributed by atoms with Crippen LogP contribution in [0.1, 0.15) is 26.5 Å². The number of rotatable bonds is 4. The molecule has 0 aliphatic carbocycles. The molecule has 0 fully saturated rings. The number of ether oxygens (including phenoxy) is 1. The number of hydrogen-bond acceptors (Lipinski definition) is 4. The van der Waals surface area contributed by atoms with E-state index in [4.69, 9.17) is 9.26 Å². The van der Waals surface area contributed by atoms with Gasteiger partial charge in [0.25, 0.3) is 5.91 Å². The minimum Gasteiger partial charge on any atom is -0.483 e. The van der Waals surface area contributed by atoms with E-state index in [9.17, 15) is 4.79 Å². The molecule has 5 nitrogen and oxygen atoms in total. The quantitative estimate of drug-likeness (QED) is 0.773. The number of carbonyl (C=O) groups excluding carboxylic acids is 1. The predicted octanol–water partition coefficient (Wildman–Crippen LogP) is 4.51. The Morgan fingerprint density at radius 3 is 2.64 bits per heavy atom. The Morgan fingerprint density at radius 2 is 2.05 bits per heavy atom. The highest BCUT2D eigenvalue weighted by Gasteiger charge is 2.19. The van der Waals surface area contributed by atoms with Crippen LogP contribution < -0.4 is 10.1 Å². The predicted molar refractivity (Wildman–Crippen MR) is 91.2 cm³/mol. The minimum absolute atomic E-state index is 0.119. The van der Waals surface area contributed by atoms with E-state index in [-0.39, 0.29) is 17.9 Å². The number of hydrogen-bond donors (Lipinski definition) is 1. The number of halogens is 2. The number of nitrogens with zero attached hydrogens (tertiary/aromatic N) is 1. The van der Waals surface area contributed by atoms with Gasteiger partial charge < -0.3 is 9.26 Å². The number of nitrogens with one attached hydrogen (secondary N) is 1. The maximum absolute atomic E-state index is 11.9. The molecule has 1 N–H and O–H groups in total. The summed E-state index contributed by atoms with van der Waals surface area (Å²) < 4.78 is 12.2. The first-order valence-electron chi connectivity index (χ1n) is 6.60. The van der Waals surface area contributed by atoms with Gasteiger partial charge in [-0.25, -0.2) is 0 Å². The van der Waals surface area contributed by atoms with Crippen LogP contribution in [0.25, 0.3) is 0 Å². The molecular weight excluding hydrogens is 416 g/mol. The summed E-state index contributed by atoms with van der Waals surface area (Å²) in [6.45, 7) is 5.94. The lowest BCUT2D eigenvalue weighted by Crippen LogP contribution is -2.20. The molecule has 1 heterocycles. The molecule has 0 unspecified atom stereocenters. The second-order valence-corrected chi connectivity index (χ2v) is 7.51. The summed E-state index contributed by atoms with van der Waals surface area (Å²) in [4.78, 5) is 11.9. The maximum Gasteiger partial charge on any atom is 0.264 e. The van der Waals surface area contributed by atoms with Crippen LogP contribution in [0.3, 0.4) is 0 Å². The third kappa shape index (κ3) is 4.58. The first kappa shape index (κ1) is 17.0. The zero-order valence-corrected chi connectivity index (χ0v) is 15.6. The van der Waals surface area contributed by atoms with Crippen LogP contribution in [0.2, 0.25) is 0 Å². The monoisotopic (exact) mass is 430 g/mol. The van der Waals surface area contributed by atoms with Gasteiger partial charge >= 0.3 is 0 Å². The van der Waals surface area contributed by atoms with Crippen molar-refractivity contribution in [3.63, 3.8) is 0 Å². The lowest BCUT2D eigenvalue weighted by Gasteiger charge is -2.12. The standard InChI is InChI=1S/C15H16Br2N2O3/c1-15(2,3)12-7-14(22-19-12)18-13(20)8-21-11-5-4-9(16)6-10(11)17/h4-7H,8H2,1-3H3,(H,18,20). The highest BCUT2D eigenvalue weighted by Crippen LogP contribution is 2.28. The molecule has 0 spiro atoms. The summed E-state index contributed by atoms with van der Waals surface area (Å²) in [5.74, 6) is 0.589. The fourth-order valence-corrected chi connectivity index (χ4v) is 2.76. The Labute approximate surface area is 145 Å². The Balaban J connectivity index is 1.92. The van der Waals surface area contributed by atoms with Gasteiger partial charge in [-0.15, -0.1) is 0 Å². The van der Waals surface area contributed by atoms with Crippen molar-refractivity contribution in [3.8, 4) is 5.75 Å². The second-order valence-electron chi connectivity index (χ2n) is 5.74. The number of aromatic nitrogens is 1. The van der Waals surface area contributed by atoms with Crippen LogP contribution in [0.15, 0.2) is 37.7 Å². The minimum atomic E-state index is -0.313. The molecule has 0 radical (unpaired) electrons. The van der Waals surface area contributed by atoms with Crippen molar-refractivity contribution in [2.24, 2.45) is 0 Å². The molecule has 22 heavy (non-hydrogen) atoms. The Kier molecular flexibility index (Phi) is 5.28. The molecule has 7 heteroatoms. The Bertz CT molecular complexity index is 678. The van der Waals surface area contributed by atoms with Crippen LogP contribution in [-0.4, -0.2) is 17.7 Å². The summed E-state index contributed by atoms with van der Waals surface area (Å²) in [5.41, 5.74) is 0.644. The summed E-state index contributed by atoms with van der Waals surface area (Å²) in [5, 5.41) is 6.56. The normalized spacial score (nSPS) is 11.3. The van der Waals surface area contributed by atoms with Gasteiger partial charge in [0, 0.05) is 16.0 Å². The van der Waals surface area contributed by atoms with Crippen molar-refractivity contribution in [2.75, 3.05) is 11.9 Å². The summed E-state index contributed by atoms with van der Waals surface area (Å²) in [7, 11) is 0. The van der Waals surface area contributed by atoms with E-state index in [1.165, 1.54) is 0 Å². The average Bonchev–Trinajstić information content (AvgIpc) is 2.86. The zero-order chi connectivity index (χ0) is 16.3. The molecule has 1 aromatic carbocycles. The van der Waals surface area contributed by atoms with Gasteiger partial charge in [-0.2, -0.15) is 0 Å². The zero-order valence-electron chi connectivity index (χ0n) is 12.4. The summed E-state index contributed by atoms with van der Waals surface area (Å²) in [6, 6.07) is 7.17. The third-order valence-corrected chi connectivity index (χ3v) is 3.91. The topological polar surface area (TPSA) is 64.4 Å². The van der Waals surface area contributed by atoms with Crippen LogP contribution in [0.4, 0.5) is 5.88 Å². The molecule has 2 aromatic rings. The van der Waals surface area contributed by atoms with E-state index in [1.807, 2.05) is 32.9 Å². The average molecular weight is 432 g/mol. The van der Waals surface area contributed by atoms with E-state index in [0.717, 1.165) is 14.6 Å². The van der Waals surface area contributed by atoms with Crippen molar-refractivity contribution in [1.29, 1.82) is 0 Å². The molecule has 118 valence electrons. The highest BCUT2D eigenvalue weighted by atomic mass is 79.9. The van der Waals surface area contributed by atoms with E-state index < -0.39 is 0 Å². The van der Waals surface area contributed by atoms with E-state index in [2.05, 4.69) is 42.3 Å². The highest BCUT2D eigenvalue weighted by molar-refractivity contribution is 9.11. The van der Waals surface area contributed by atoms with Gasteiger partial charge in [0.15, 0.2) is 6.61 Å². The molecule has 0 saturated heterocycles. The van der Waals surface area contributed by atoms with Gasteiger partial charge in [0.2, 0.25) is 5.88 Å². The van der Waals surface area contributed by atoms with E-state index in [1.54, 1.807) is 12.1 Å². The van der Waals surface area contributed by atoms with Crippen molar-refractivity contribution >= 4 is 43.7 Å². The smallest absolute Gasteiger partial charge is 0.264 e. The number of benzene rings is 1. The van der Waals surface area contributed by atoms with Gasteiger partial charge in [0.1, 0.15) is 5.75 Å². The molecule has 0 bridgehead atoms. The largest absolute Gasteiger partial charge is 0.483 e. The Hall–Kier alpha value is -1.34. The second kappa shape index (κ2) is 6.83. The lowest BCUT2D eigenvalue weighted by molar-refractivity contribution is -0.118. The number of amides is 1. The van der Waals surface area contributed by atoms with E-state index in [0.29, 0.717) is 11.6 Å². The van der Waals surface area contributed by atoms with Gasteiger partial charge in [-0.3, -0.25) is 10.1 Å². The van der Waals surface area contributed by atoms with Crippen molar-refractivity contribution in [3.05, 3.63) is 38.9 Å². The van der Waals surface area contributed by atoms with Crippen molar-refractivity contribution < 1.29 is 14.1 Å². The summed E-state index contributed by atoms with van der Waals surface area (Å²) >= 11 is 6.73. The lowest BCUT2D eigenvalue weighted by atomic mass is 9.92. The van der Waals surface area contributed by atoms with Crippen LogP contribution in [0.5, 0.6) is 5.75 Å². The maximum atomic E-state index is 11.9. The molecular formula is C15H16Br2N2O3. The van der Waals surface area contributed by atoms with Crippen molar-refractivity contribution in [1.82, 2.24) is 5.16 Å². The van der Waals surface area contributed by atoms with Crippen LogP contribution in [0, 0.1) is 0 Å². The fraction of sp³-hybridized carbons (Fsp3) is 0.333. The van der Waals surface area contributed by atoms with Crippen LogP contribution >= 0.6 is 31.9 Å². The van der Waals surface area contributed by atoms with Gasteiger partial charge in [-0.1, -0.05) is 41.9 Å². The number of carbonyl (C=O) groups is 1. The van der Waals surface area contributed by atoms with E-state index >= 15 is 0 Å². The van der Waals surface area contributed by atoms with Gasteiger partial charge in [-0.05, 0) is 34.1 Å². The summed E-state index contributed by atoms with van der Waals surface area (Å²) in [6.07, 6.45) is 0. The molecule has 0 saturated carbocycles. The first-order chi connectivity index (χ1) is 10.3. The number of anilines is 1. The molecule has 1 aromatic heterocycles.